The summed E-state index contributed by atoms with van der Waals surface area (Å²) < 4.78 is 14.1. The molecule has 1 aliphatic rings. The number of rotatable bonds is 1. The van der Waals surface area contributed by atoms with Crippen molar-refractivity contribution in [3.8, 4) is 11.5 Å². The summed E-state index contributed by atoms with van der Waals surface area (Å²) in [4.78, 5) is 0. The second-order valence-corrected chi connectivity index (χ2v) is 4.78. The first-order chi connectivity index (χ1) is 6.96. The average molecular weight is 276 g/mol. The third kappa shape index (κ3) is 1.50. The summed E-state index contributed by atoms with van der Waals surface area (Å²) in [6.07, 6.45) is 2.32. The van der Waals surface area contributed by atoms with Gasteiger partial charge in [-0.05, 0) is 25.3 Å². The molecule has 1 fully saturated rings. The first-order valence-corrected chi connectivity index (χ1v) is 5.44. The van der Waals surface area contributed by atoms with Gasteiger partial charge < -0.3 is 15.9 Å². The van der Waals surface area contributed by atoms with Gasteiger partial charge in [0.05, 0.1) is 0 Å². The maximum Gasteiger partial charge on any atom is 0.194 e. The number of aromatic hydroxyl groups is 2. The molecule has 82 valence electrons. The molecule has 0 bridgehead atoms. The highest BCUT2D eigenvalue weighted by atomic mass is 79.9. The average Bonchev–Trinajstić information content (AvgIpc) is 2.11. The van der Waals surface area contributed by atoms with Crippen LogP contribution in [0.4, 0.5) is 4.39 Å². The lowest BCUT2D eigenvalue weighted by Crippen LogP contribution is -2.44. The van der Waals surface area contributed by atoms with Gasteiger partial charge >= 0.3 is 0 Å². The van der Waals surface area contributed by atoms with Crippen LogP contribution in [0, 0.1) is 5.82 Å². The van der Waals surface area contributed by atoms with Crippen molar-refractivity contribution in [2.75, 3.05) is 0 Å². The van der Waals surface area contributed by atoms with Gasteiger partial charge in [-0.15, -0.1) is 0 Å². The molecule has 1 aliphatic carbocycles. The molecule has 0 heterocycles. The van der Waals surface area contributed by atoms with Gasteiger partial charge in [0.1, 0.15) is 0 Å². The van der Waals surface area contributed by atoms with Crippen molar-refractivity contribution in [1.29, 1.82) is 0 Å². The van der Waals surface area contributed by atoms with Crippen molar-refractivity contribution in [2.24, 2.45) is 5.73 Å². The summed E-state index contributed by atoms with van der Waals surface area (Å²) in [5.74, 6) is -2.04. The molecule has 0 saturated heterocycles. The normalized spacial score (nSPS) is 18.6. The molecule has 0 atom stereocenters. The summed E-state index contributed by atoms with van der Waals surface area (Å²) in [7, 11) is 0. The fourth-order valence-electron chi connectivity index (χ4n) is 1.86. The zero-order chi connectivity index (χ0) is 11.2. The third-order valence-electron chi connectivity index (χ3n) is 2.92. The molecular weight excluding hydrogens is 265 g/mol. The van der Waals surface area contributed by atoms with Crippen molar-refractivity contribution < 1.29 is 14.6 Å². The van der Waals surface area contributed by atoms with Gasteiger partial charge in [0.25, 0.3) is 0 Å². The van der Waals surface area contributed by atoms with Crippen LogP contribution in [0.5, 0.6) is 11.5 Å². The highest BCUT2D eigenvalue weighted by Crippen LogP contribution is 2.46. The Labute approximate surface area is 94.8 Å². The minimum atomic E-state index is -0.830. The van der Waals surface area contributed by atoms with Crippen LogP contribution >= 0.6 is 15.9 Å². The van der Waals surface area contributed by atoms with E-state index in [-0.39, 0.29) is 5.56 Å². The Morgan fingerprint density at radius 2 is 2.00 bits per heavy atom. The Balaban J connectivity index is 2.61. The van der Waals surface area contributed by atoms with Crippen LogP contribution in [0.1, 0.15) is 24.8 Å². The Kier molecular flexibility index (Phi) is 2.39. The van der Waals surface area contributed by atoms with E-state index >= 15 is 0 Å². The Hall–Kier alpha value is -0.810. The zero-order valence-electron chi connectivity index (χ0n) is 7.93. The maximum absolute atomic E-state index is 13.7. The predicted octanol–water partition coefficient (Wildman–Crippen LogP) is 2.34. The van der Waals surface area contributed by atoms with Crippen LogP contribution in [0.3, 0.4) is 0 Å². The number of hydrogen-bond donors (Lipinski definition) is 3. The lowest BCUT2D eigenvalue weighted by Gasteiger charge is -2.39. The highest BCUT2D eigenvalue weighted by Gasteiger charge is 2.39. The number of nitrogens with two attached hydrogens (primary N) is 1. The van der Waals surface area contributed by atoms with Crippen LogP contribution in [0.15, 0.2) is 10.5 Å². The van der Waals surface area contributed by atoms with Crippen molar-refractivity contribution >= 4 is 15.9 Å². The lowest BCUT2D eigenvalue weighted by atomic mass is 9.72. The predicted molar refractivity (Wildman–Crippen MR) is 57.1 cm³/mol. The molecule has 1 aromatic rings. The largest absolute Gasteiger partial charge is 0.504 e. The summed E-state index contributed by atoms with van der Waals surface area (Å²) >= 11 is 3.15. The number of phenols is 2. The summed E-state index contributed by atoms with van der Waals surface area (Å²) in [6.45, 7) is 0. The molecular formula is C10H11BrFNO2. The van der Waals surface area contributed by atoms with E-state index in [0.29, 0.717) is 17.3 Å². The second kappa shape index (κ2) is 3.35. The van der Waals surface area contributed by atoms with Crippen molar-refractivity contribution in [1.82, 2.24) is 0 Å². The van der Waals surface area contributed by atoms with Crippen molar-refractivity contribution in [3.63, 3.8) is 0 Å². The van der Waals surface area contributed by atoms with E-state index in [0.717, 1.165) is 6.42 Å². The molecule has 0 aromatic heterocycles. The molecule has 0 spiro atoms. The number of hydrogen-bond acceptors (Lipinski definition) is 3. The quantitative estimate of drug-likeness (QED) is 0.690. The van der Waals surface area contributed by atoms with Crippen molar-refractivity contribution in [3.05, 3.63) is 21.9 Å². The smallest absolute Gasteiger partial charge is 0.194 e. The SMILES string of the molecule is NC1(c2c(Br)cc(O)c(O)c2F)CCC1. The first-order valence-electron chi connectivity index (χ1n) is 4.65. The van der Waals surface area contributed by atoms with Gasteiger partial charge in [-0.3, -0.25) is 0 Å². The van der Waals surface area contributed by atoms with E-state index in [1.54, 1.807) is 0 Å². The molecule has 2 rings (SSSR count). The number of phenolic OH excluding ortho intramolecular Hbond substituents is 2. The van der Waals surface area contributed by atoms with Crippen molar-refractivity contribution in [2.45, 2.75) is 24.8 Å². The molecule has 0 unspecified atom stereocenters. The van der Waals surface area contributed by atoms with Gasteiger partial charge in [0.2, 0.25) is 0 Å². The highest BCUT2D eigenvalue weighted by molar-refractivity contribution is 9.10. The minimum absolute atomic E-state index is 0.254. The molecule has 0 radical (unpaired) electrons. The van der Waals surface area contributed by atoms with E-state index in [2.05, 4.69) is 15.9 Å². The van der Waals surface area contributed by atoms with Crippen LogP contribution in [-0.2, 0) is 5.54 Å². The van der Waals surface area contributed by atoms with E-state index in [9.17, 15) is 14.6 Å². The minimum Gasteiger partial charge on any atom is -0.504 e. The summed E-state index contributed by atoms with van der Waals surface area (Å²) in [5.41, 5.74) is 5.52. The molecule has 3 nitrogen and oxygen atoms in total. The maximum atomic E-state index is 13.7. The van der Waals surface area contributed by atoms with E-state index in [1.165, 1.54) is 6.07 Å². The van der Waals surface area contributed by atoms with E-state index in [1.807, 2.05) is 0 Å². The van der Waals surface area contributed by atoms with Crippen LogP contribution in [0.25, 0.3) is 0 Å². The first kappa shape index (κ1) is 10.7. The van der Waals surface area contributed by atoms with Gasteiger partial charge in [-0.25, -0.2) is 4.39 Å². The summed E-state index contributed by atoms with van der Waals surface area (Å²) in [6, 6.07) is 1.26. The number of benzene rings is 1. The zero-order valence-corrected chi connectivity index (χ0v) is 9.51. The van der Waals surface area contributed by atoms with Gasteiger partial charge in [-0.2, -0.15) is 0 Å². The standard InChI is InChI=1S/C10H11BrFNO2/c11-5-4-6(14)9(15)8(12)7(5)10(13)2-1-3-10/h4,14-15H,1-3,13H2. The monoisotopic (exact) mass is 275 g/mol. The molecule has 4 N–H and O–H groups in total. The van der Waals surface area contributed by atoms with Crippen LogP contribution < -0.4 is 5.73 Å². The third-order valence-corrected chi connectivity index (χ3v) is 3.54. The summed E-state index contributed by atoms with van der Waals surface area (Å²) in [5, 5.41) is 18.5. The molecule has 5 heteroatoms. The Morgan fingerprint density at radius 3 is 2.47 bits per heavy atom. The van der Waals surface area contributed by atoms with Gasteiger partial charge in [-0.1, -0.05) is 15.9 Å². The van der Waals surface area contributed by atoms with E-state index in [4.69, 9.17) is 5.73 Å². The molecule has 1 saturated carbocycles. The van der Waals surface area contributed by atoms with E-state index < -0.39 is 22.9 Å². The fraction of sp³-hybridized carbons (Fsp3) is 0.400. The molecule has 0 amide bonds. The molecule has 15 heavy (non-hydrogen) atoms. The lowest BCUT2D eigenvalue weighted by molar-refractivity contribution is 0.240. The van der Waals surface area contributed by atoms with Gasteiger partial charge in [0, 0.05) is 15.6 Å². The topological polar surface area (TPSA) is 66.5 Å². The molecule has 1 aromatic carbocycles. The number of halogens is 2. The second-order valence-electron chi connectivity index (χ2n) is 3.92. The Morgan fingerprint density at radius 1 is 1.40 bits per heavy atom. The Bertz CT molecular complexity index is 418. The van der Waals surface area contributed by atoms with Gasteiger partial charge in [0.15, 0.2) is 17.3 Å². The molecule has 0 aliphatic heterocycles. The van der Waals surface area contributed by atoms with Crippen LogP contribution in [0.2, 0.25) is 0 Å². The fourth-order valence-corrected chi connectivity index (χ4v) is 2.65. The van der Waals surface area contributed by atoms with Crippen LogP contribution in [-0.4, -0.2) is 10.2 Å².